The summed E-state index contributed by atoms with van der Waals surface area (Å²) in [5.41, 5.74) is 2.36. The van der Waals surface area contributed by atoms with Crippen molar-refractivity contribution >= 4 is 63.8 Å². The van der Waals surface area contributed by atoms with Crippen molar-refractivity contribution in [3.05, 3.63) is 128 Å². The van der Waals surface area contributed by atoms with E-state index >= 15 is 0 Å². The third-order valence-corrected chi connectivity index (χ3v) is 8.53. The molecule has 0 saturated carbocycles. The highest BCUT2D eigenvalue weighted by Gasteiger charge is 2.19. The van der Waals surface area contributed by atoms with E-state index in [4.69, 9.17) is 4.74 Å². The van der Waals surface area contributed by atoms with Gasteiger partial charge >= 0.3 is 0 Å². The smallest absolute Gasteiger partial charge is 0.143 e. The Balaban J connectivity index is 1.43. The summed E-state index contributed by atoms with van der Waals surface area (Å²) in [6, 6.07) is 40.7. The van der Waals surface area contributed by atoms with E-state index in [9.17, 15) is 0 Å². The van der Waals surface area contributed by atoms with Crippen LogP contribution in [0, 0.1) is 0 Å². The molecule has 6 aromatic carbocycles. The molecule has 178 valence electrons. The van der Waals surface area contributed by atoms with Gasteiger partial charge in [-0.25, -0.2) is 0 Å². The molecule has 0 atom stereocenters. The summed E-state index contributed by atoms with van der Waals surface area (Å²) >= 11 is 1.80. The lowest BCUT2D eigenvalue weighted by molar-refractivity contribution is 0.500. The number of ether oxygens (including phenoxy) is 1. The molecule has 0 aliphatic carbocycles. The molecule has 8 aromatic rings. The van der Waals surface area contributed by atoms with Gasteiger partial charge in [0.2, 0.25) is 0 Å². The third-order valence-electron chi connectivity index (χ3n) is 7.39. The van der Waals surface area contributed by atoms with Gasteiger partial charge in [-0.1, -0.05) is 84.9 Å². The number of rotatable bonds is 3. The van der Waals surface area contributed by atoms with Gasteiger partial charge in [0.05, 0.1) is 0 Å². The van der Waals surface area contributed by atoms with E-state index in [0.29, 0.717) is 0 Å². The summed E-state index contributed by atoms with van der Waals surface area (Å²) in [6.07, 6.45) is 3.83. The molecule has 0 saturated heterocycles. The second-order valence-corrected chi connectivity index (χ2v) is 10.6. The molecular formula is C35H21NOS. The number of fused-ring (bicyclic) bond motifs is 6. The lowest BCUT2D eigenvalue weighted by Gasteiger charge is -2.18. The highest BCUT2D eigenvalue weighted by molar-refractivity contribution is 7.25. The zero-order valence-electron chi connectivity index (χ0n) is 20.4. The van der Waals surface area contributed by atoms with Crippen LogP contribution in [0.2, 0.25) is 0 Å². The van der Waals surface area contributed by atoms with Crippen molar-refractivity contribution in [3.8, 4) is 22.6 Å². The predicted molar refractivity (Wildman–Crippen MR) is 162 cm³/mol. The summed E-state index contributed by atoms with van der Waals surface area (Å²) in [5, 5.41) is 9.23. The topological polar surface area (TPSA) is 22.1 Å². The molecule has 0 unspecified atom stereocenters. The number of nitrogens with zero attached hydrogens (tertiary/aromatic N) is 1. The van der Waals surface area contributed by atoms with Crippen LogP contribution in [0.1, 0.15) is 0 Å². The average molecular weight is 504 g/mol. The Hall–Kier alpha value is -4.73. The third kappa shape index (κ3) is 3.22. The van der Waals surface area contributed by atoms with Crippen LogP contribution >= 0.6 is 11.3 Å². The van der Waals surface area contributed by atoms with Gasteiger partial charge in [0, 0.05) is 48.7 Å². The molecule has 0 fully saturated rings. The fourth-order valence-electron chi connectivity index (χ4n) is 5.68. The minimum atomic E-state index is 0.866. The molecule has 8 rings (SSSR count). The van der Waals surface area contributed by atoms with E-state index in [1.165, 1.54) is 36.7 Å². The molecule has 2 nitrogen and oxygen atoms in total. The molecule has 0 aliphatic rings. The number of thiophene rings is 1. The number of hydrogen-bond acceptors (Lipinski definition) is 3. The zero-order valence-corrected chi connectivity index (χ0v) is 21.2. The second kappa shape index (κ2) is 8.41. The van der Waals surface area contributed by atoms with Gasteiger partial charge in [-0.2, -0.15) is 0 Å². The predicted octanol–water partition coefficient (Wildman–Crippen LogP) is 10.4. The lowest BCUT2D eigenvalue weighted by Crippen LogP contribution is -1.93. The van der Waals surface area contributed by atoms with Crippen molar-refractivity contribution in [2.75, 3.05) is 0 Å². The van der Waals surface area contributed by atoms with Crippen LogP contribution in [-0.2, 0) is 0 Å². The number of aromatic nitrogens is 1. The van der Waals surface area contributed by atoms with Crippen molar-refractivity contribution in [1.82, 2.24) is 4.98 Å². The molecule has 0 radical (unpaired) electrons. The maximum absolute atomic E-state index is 6.92. The molecule has 0 bridgehead atoms. The highest BCUT2D eigenvalue weighted by Crippen LogP contribution is 2.47. The lowest BCUT2D eigenvalue weighted by atomic mass is 9.91. The van der Waals surface area contributed by atoms with Gasteiger partial charge in [-0.15, -0.1) is 11.3 Å². The summed E-state index contributed by atoms with van der Waals surface area (Å²) in [5.74, 6) is 1.74. The SMILES string of the molecule is c1ccc2cc(-c3c4ccccc4c(Oc4cccc5sc6ccccc6c45)c4ccncc34)ccc2c1. The van der Waals surface area contributed by atoms with E-state index in [0.717, 1.165) is 38.4 Å². The minimum absolute atomic E-state index is 0.866. The number of benzene rings is 6. The first-order valence-electron chi connectivity index (χ1n) is 12.7. The van der Waals surface area contributed by atoms with Crippen LogP contribution in [0.25, 0.3) is 63.6 Å². The van der Waals surface area contributed by atoms with Crippen LogP contribution in [0.15, 0.2) is 128 Å². The fourth-order valence-corrected chi connectivity index (χ4v) is 6.81. The Labute approximate surface area is 223 Å². The van der Waals surface area contributed by atoms with Crippen molar-refractivity contribution in [2.45, 2.75) is 0 Å². The maximum Gasteiger partial charge on any atom is 0.143 e. The first-order chi connectivity index (χ1) is 18.8. The molecule has 0 aliphatic heterocycles. The standard InChI is InChI=1S/C35H21NOS/c1-2-9-23-20-24(17-16-22(23)8-1)33-25-10-3-4-11-26(25)35(27-18-19-36-21-29(27)33)37-30-13-7-15-32-34(30)28-12-5-6-14-31(28)38-32/h1-21H. The van der Waals surface area contributed by atoms with Gasteiger partial charge < -0.3 is 4.74 Å². The average Bonchev–Trinajstić information content (AvgIpc) is 3.36. The van der Waals surface area contributed by atoms with E-state index in [1.807, 2.05) is 12.4 Å². The van der Waals surface area contributed by atoms with Gasteiger partial charge in [0.15, 0.2) is 0 Å². The van der Waals surface area contributed by atoms with Crippen LogP contribution in [0.5, 0.6) is 11.5 Å². The van der Waals surface area contributed by atoms with Crippen LogP contribution in [0.3, 0.4) is 0 Å². The summed E-state index contributed by atoms with van der Waals surface area (Å²) in [7, 11) is 0. The molecule has 2 heterocycles. The second-order valence-electron chi connectivity index (χ2n) is 9.56. The van der Waals surface area contributed by atoms with Crippen LogP contribution in [0.4, 0.5) is 0 Å². The molecule has 0 spiro atoms. The van der Waals surface area contributed by atoms with Gasteiger partial charge in [0.25, 0.3) is 0 Å². The fraction of sp³-hybridized carbons (Fsp3) is 0. The Morgan fingerprint density at radius 2 is 1.29 bits per heavy atom. The van der Waals surface area contributed by atoms with Gasteiger partial charge in [-0.05, 0) is 57.6 Å². The summed E-state index contributed by atoms with van der Waals surface area (Å²) in [6.45, 7) is 0. The summed E-state index contributed by atoms with van der Waals surface area (Å²) in [4.78, 5) is 4.55. The molecule has 0 amide bonds. The van der Waals surface area contributed by atoms with Crippen molar-refractivity contribution in [1.29, 1.82) is 0 Å². The first kappa shape index (κ1) is 21.4. The minimum Gasteiger partial charge on any atom is -0.455 e. The molecule has 0 N–H and O–H groups in total. The number of pyridine rings is 1. The quantitative estimate of drug-likeness (QED) is 0.224. The first-order valence-corrected chi connectivity index (χ1v) is 13.5. The van der Waals surface area contributed by atoms with E-state index in [-0.39, 0.29) is 0 Å². The van der Waals surface area contributed by atoms with E-state index in [1.54, 1.807) is 11.3 Å². The molecule has 3 heteroatoms. The van der Waals surface area contributed by atoms with Crippen molar-refractivity contribution in [3.63, 3.8) is 0 Å². The molecule has 38 heavy (non-hydrogen) atoms. The normalized spacial score (nSPS) is 11.7. The van der Waals surface area contributed by atoms with Crippen LogP contribution in [-0.4, -0.2) is 4.98 Å². The number of hydrogen-bond donors (Lipinski definition) is 0. The van der Waals surface area contributed by atoms with Crippen LogP contribution < -0.4 is 4.74 Å². The van der Waals surface area contributed by atoms with E-state index < -0.39 is 0 Å². The highest BCUT2D eigenvalue weighted by atomic mass is 32.1. The Morgan fingerprint density at radius 3 is 2.21 bits per heavy atom. The van der Waals surface area contributed by atoms with Crippen molar-refractivity contribution < 1.29 is 4.74 Å². The monoisotopic (exact) mass is 503 g/mol. The Bertz CT molecular complexity index is 2120. The largest absolute Gasteiger partial charge is 0.455 e. The zero-order chi connectivity index (χ0) is 25.1. The van der Waals surface area contributed by atoms with E-state index in [2.05, 4.69) is 120 Å². The van der Waals surface area contributed by atoms with Gasteiger partial charge in [-0.3, -0.25) is 4.98 Å². The Morgan fingerprint density at radius 1 is 0.553 bits per heavy atom. The molecular weight excluding hydrogens is 482 g/mol. The molecule has 2 aromatic heterocycles. The van der Waals surface area contributed by atoms with Crippen molar-refractivity contribution in [2.24, 2.45) is 0 Å². The summed E-state index contributed by atoms with van der Waals surface area (Å²) < 4.78 is 9.42. The maximum atomic E-state index is 6.92. The van der Waals surface area contributed by atoms with Gasteiger partial charge in [0.1, 0.15) is 11.5 Å². The Kier molecular flexibility index (Phi) is 4.73.